The molecule has 1 saturated heterocycles. The lowest BCUT2D eigenvalue weighted by molar-refractivity contribution is -0.215. The number of carboxylic acids is 1. The van der Waals surface area contributed by atoms with Crippen molar-refractivity contribution in [3.63, 3.8) is 0 Å². The second-order valence-corrected chi connectivity index (χ2v) is 5.95. The number of alkyl halides is 6. The van der Waals surface area contributed by atoms with Crippen LogP contribution in [0, 0.1) is 17.3 Å². The van der Waals surface area contributed by atoms with Crippen molar-refractivity contribution in [3.05, 3.63) is 0 Å². The minimum absolute atomic E-state index is 0.546. The van der Waals surface area contributed by atoms with Gasteiger partial charge in [0, 0.05) is 19.5 Å². The number of amides is 1. The number of halogens is 6. The lowest BCUT2D eigenvalue weighted by Gasteiger charge is -2.29. The van der Waals surface area contributed by atoms with E-state index in [9.17, 15) is 35.9 Å². The summed E-state index contributed by atoms with van der Waals surface area (Å²) >= 11 is 0. The molecule has 2 atom stereocenters. The Morgan fingerprint density at radius 3 is 1.91 bits per heavy atom. The van der Waals surface area contributed by atoms with Gasteiger partial charge >= 0.3 is 18.3 Å². The van der Waals surface area contributed by atoms with Crippen LogP contribution in [0.25, 0.3) is 0 Å². The maximum absolute atomic E-state index is 12.8. The fourth-order valence-corrected chi connectivity index (χ4v) is 2.18. The number of carbonyl (C=O) groups is 2. The molecule has 1 N–H and O–H groups in total. The van der Waals surface area contributed by atoms with Crippen molar-refractivity contribution in [2.75, 3.05) is 13.1 Å². The van der Waals surface area contributed by atoms with Gasteiger partial charge in [-0.05, 0) is 0 Å². The van der Waals surface area contributed by atoms with Crippen LogP contribution >= 0.6 is 0 Å². The third kappa shape index (κ3) is 3.83. The Hall–Kier alpha value is -1.48. The van der Waals surface area contributed by atoms with E-state index in [0.29, 0.717) is 4.90 Å². The Balaban J connectivity index is 2.87. The number of rotatable bonds is 3. The maximum Gasteiger partial charge on any atom is 0.394 e. The van der Waals surface area contributed by atoms with Crippen molar-refractivity contribution in [1.29, 1.82) is 0 Å². The Morgan fingerprint density at radius 1 is 1.09 bits per heavy atom. The highest BCUT2D eigenvalue weighted by molar-refractivity contribution is 5.79. The van der Waals surface area contributed by atoms with Crippen LogP contribution in [0.3, 0.4) is 0 Å². The number of carbonyl (C=O) groups excluding carboxylic acids is 1. The summed E-state index contributed by atoms with van der Waals surface area (Å²) in [5, 5.41) is 8.79. The van der Waals surface area contributed by atoms with Crippen LogP contribution in [-0.4, -0.2) is 47.3 Å². The standard InChI is InChI=1S/C12H15F6NO3/c1-10(2,12(16,17)18)3-8(20)19-4-6(9(21)22)7(5-19)11(13,14)15/h6-7H,3-5H2,1-2H3,(H,21,22)/t6-,7-/m1/s1. The van der Waals surface area contributed by atoms with Gasteiger partial charge in [0.05, 0.1) is 17.3 Å². The third-order valence-electron chi connectivity index (χ3n) is 3.77. The number of likely N-dealkylation sites (tertiary alicyclic amines) is 1. The Kier molecular flexibility index (Phi) is 4.74. The zero-order valence-electron chi connectivity index (χ0n) is 11.8. The van der Waals surface area contributed by atoms with E-state index in [1.54, 1.807) is 0 Å². The van der Waals surface area contributed by atoms with Crippen molar-refractivity contribution < 1.29 is 41.0 Å². The lowest BCUT2D eigenvalue weighted by atomic mass is 9.88. The molecule has 1 amide bonds. The van der Waals surface area contributed by atoms with Crippen LogP contribution in [0.4, 0.5) is 26.3 Å². The molecule has 0 unspecified atom stereocenters. The van der Waals surface area contributed by atoms with E-state index in [0.717, 1.165) is 13.8 Å². The molecule has 22 heavy (non-hydrogen) atoms. The SMILES string of the molecule is CC(C)(CC(=O)N1C[C@@H](C(F)(F)F)[C@H](C(=O)O)C1)C(F)(F)F. The second-order valence-electron chi connectivity index (χ2n) is 5.95. The third-order valence-corrected chi connectivity index (χ3v) is 3.77. The molecule has 1 aliphatic heterocycles. The summed E-state index contributed by atoms with van der Waals surface area (Å²) < 4.78 is 76.4. The lowest BCUT2D eigenvalue weighted by Crippen LogP contribution is -2.40. The number of hydrogen-bond acceptors (Lipinski definition) is 2. The number of carboxylic acid groups (broad SMARTS) is 1. The van der Waals surface area contributed by atoms with E-state index in [-0.39, 0.29) is 0 Å². The van der Waals surface area contributed by atoms with Crippen molar-refractivity contribution in [1.82, 2.24) is 4.90 Å². The largest absolute Gasteiger partial charge is 0.481 e. The first kappa shape index (κ1) is 18.6. The van der Waals surface area contributed by atoms with Crippen molar-refractivity contribution >= 4 is 11.9 Å². The molecule has 1 fully saturated rings. The summed E-state index contributed by atoms with van der Waals surface area (Å²) in [7, 11) is 0. The molecule has 0 aromatic rings. The van der Waals surface area contributed by atoms with Gasteiger partial charge in [-0.2, -0.15) is 26.3 Å². The highest BCUT2D eigenvalue weighted by Gasteiger charge is 2.55. The predicted octanol–water partition coefficient (Wildman–Crippen LogP) is 2.69. The first-order chi connectivity index (χ1) is 9.67. The molecular weight excluding hydrogens is 320 g/mol. The molecule has 0 aliphatic carbocycles. The maximum atomic E-state index is 12.8. The van der Waals surface area contributed by atoms with Gasteiger partial charge in [0.25, 0.3) is 0 Å². The topological polar surface area (TPSA) is 57.6 Å². The van der Waals surface area contributed by atoms with E-state index in [1.807, 2.05) is 0 Å². The van der Waals surface area contributed by atoms with E-state index in [2.05, 4.69) is 0 Å². The van der Waals surface area contributed by atoms with Gasteiger partial charge in [0.2, 0.25) is 5.91 Å². The first-order valence-corrected chi connectivity index (χ1v) is 6.31. The van der Waals surface area contributed by atoms with Gasteiger partial charge < -0.3 is 10.0 Å². The molecule has 128 valence electrons. The minimum Gasteiger partial charge on any atom is -0.481 e. The van der Waals surface area contributed by atoms with Gasteiger partial charge in [-0.3, -0.25) is 9.59 Å². The molecule has 1 rings (SSSR count). The zero-order valence-corrected chi connectivity index (χ0v) is 11.8. The fourth-order valence-electron chi connectivity index (χ4n) is 2.18. The smallest absolute Gasteiger partial charge is 0.394 e. The number of nitrogens with zero attached hydrogens (tertiary/aromatic N) is 1. The van der Waals surface area contributed by atoms with E-state index in [4.69, 9.17) is 5.11 Å². The predicted molar refractivity (Wildman–Crippen MR) is 61.7 cm³/mol. The Morgan fingerprint density at radius 2 is 1.59 bits per heavy atom. The zero-order chi connectivity index (χ0) is 17.5. The summed E-state index contributed by atoms with van der Waals surface area (Å²) in [5.74, 6) is -7.01. The van der Waals surface area contributed by atoms with Crippen molar-refractivity contribution in [3.8, 4) is 0 Å². The quantitative estimate of drug-likeness (QED) is 0.807. The van der Waals surface area contributed by atoms with Crippen LogP contribution in [0.1, 0.15) is 20.3 Å². The summed E-state index contributed by atoms with van der Waals surface area (Å²) in [5.41, 5.74) is -2.40. The monoisotopic (exact) mass is 335 g/mol. The van der Waals surface area contributed by atoms with Gasteiger partial charge in [0.1, 0.15) is 0 Å². The first-order valence-electron chi connectivity index (χ1n) is 6.31. The van der Waals surface area contributed by atoms with Gasteiger partial charge in [-0.25, -0.2) is 0 Å². The average molecular weight is 335 g/mol. The van der Waals surface area contributed by atoms with Crippen LogP contribution in [0.5, 0.6) is 0 Å². The molecule has 1 heterocycles. The van der Waals surface area contributed by atoms with Crippen LogP contribution < -0.4 is 0 Å². The summed E-state index contributed by atoms with van der Waals surface area (Å²) in [6.45, 7) is -0.159. The minimum atomic E-state index is -4.84. The van der Waals surface area contributed by atoms with Crippen LogP contribution in [0.15, 0.2) is 0 Å². The molecule has 0 bridgehead atoms. The molecule has 10 heteroatoms. The Bertz CT molecular complexity index is 457. The van der Waals surface area contributed by atoms with Gasteiger partial charge in [-0.15, -0.1) is 0 Å². The van der Waals surface area contributed by atoms with E-state index in [1.165, 1.54) is 0 Å². The number of hydrogen-bond donors (Lipinski definition) is 1. The Labute approximate surface area is 122 Å². The molecular formula is C12H15F6NO3. The molecule has 0 radical (unpaired) electrons. The van der Waals surface area contributed by atoms with E-state index < -0.39 is 61.0 Å². The number of aliphatic carboxylic acids is 1. The average Bonchev–Trinajstić information content (AvgIpc) is 2.70. The fraction of sp³-hybridized carbons (Fsp3) is 0.833. The normalized spacial score (nSPS) is 23.7. The summed E-state index contributed by atoms with van der Waals surface area (Å²) in [6.07, 6.45) is -10.6. The van der Waals surface area contributed by atoms with E-state index >= 15 is 0 Å². The molecule has 0 aromatic carbocycles. The molecule has 4 nitrogen and oxygen atoms in total. The highest BCUT2D eigenvalue weighted by atomic mass is 19.4. The van der Waals surface area contributed by atoms with Crippen molar-refractivity contribution in [2.45, 2.75) is 32.6 Å². The van der Waals surface area contributed by atoms with Crippen LogP contribution in [-0.2, 0) is 9.59 Å². The van der Waals surface area contributed by atoms with Crippen LogP contribution in [0.2, 0.25) is 0 Å². The van der Waals surface area contributed by atoms with Gasteiger partial charge in [0.15, 0.2) is 0 Å². The molecule has 1 aliphatic rings. The molecule has 0 aromatic heterocycles. The molecule has 0 saturated carbocycles. The second kappa shape index (κ2) is 5.62. The summed E-state index contributed by atoms with van der Waals surface area (Å²) in [4.78, 5) is 23.2. The highest BCUT2D eigenvalue weighted by Crippen LogP contribution is 2.42. The molecule has 0 spiro atoms. The summed E-state index contributed by atoms with van der Waals surface area (Å²) in [6, 6.07) is 0. The van der Waals surface area contributed by atoms with Gasteiger partial charge in [-0.1, -0.05) is 13.8 Å². The van der Waals surface area contributed by atoms with Crippen molar-refractivity contribution in [2.24, 2.45) is 17.3 Å².